The van der Waals surface area contributed by atoms with E-state index >= 15 is 0 Å². The Bertz CT molecular complexity index is 299. The summed E-state index contributed by atoms with van der Waals surface area (Å²) >= 11 is 0. The zero-order chi connectivity index (χ0) is 15.8. The lowest BCUT2D eigenvalue weighted by Crippen LogP contribution is -2.02. The van der Waals surface area contributed by atoms with E-state index < -0.39 is 0 Å². The summed E-state index contributed by atoms with van der Waals surface area (Å²) in [7, 11) is 0. The molecule has 0 aromatic heterocycles. The van der Waals surface area contributed by atoms with Gasteiger partial charge in [0.2, 0.25) is 0 Å². The maximum Gasteiger partial charge on any atom is 0.330 e. The van der Waals surface area contributed by atoms with Crippen molar-refractivity contribution in [2.75, 3.05) is 6.61 Å². The Balaban J connectivity index is 3.21. The van der Waals surface area contributed by atoms with Gasteiger partial charge in [-0.2, -0.15) is 0 Å². The summed E-state index contributed by atoms with van der Waals surface area (Å²) in [6.07, 6.45) is 18.6. The molecule has 0 bridgehead atoms. The van der Waals surface area contributed by atoms with Gasteiger partial charge in [0, 0.05) is 6.08 Å². The van der Waals surface area contributed by atoms with E-state index in [9.17, 15) is 4.79 Å². The Morgan fingerprint density at radius 1 is 0.857 bits per heavy atom. The van der Waals surface area contributed by atoms with E-state index in [4.69, 9.17) is 4.74 Å². The molecule has 0 fully saturated rings. The van der Waals surface area contributed by atoms with Crippen LogP contribution < -0.4 is 0 Å². The quantitative estimate of drug-likeness (QED) is 0.181. The number of rotatable bonds is 13. The third-order valence-electron chi connectivity index (χ3n) is 3.31. The third-order valence-corrected chi connectivity index (χ3v) is 3.31. The first-order valence-corrected chi connectivity index (χ1v) is 8.63. The standard InChI is InChI=1S/C19H34O2/c1-4-5-6-7-8-9-10-11-12-13-14-15-16-21-19(20)17-18(2)3/h7-8,17H,4-6,9-16H2,1-3H3/b8-7-. The molecule has 0 aliphatic carbocycles. The number of carbonyl (C=O) groups is 1. The maximum atomic E-state index is 11.2. The van der Waals surface area contributed by atoms with E-state index in [1.54, 1.807) is 6.08 Å². The molecular formula is C19H34O2. The molecule has 2 heteroatoms. The molecule has 21 heavy (non-hydrogen) atoms. The molecule has 0 atom stereocenters. The number of allylic oxidation sites excluding steroid dienone is 3. The van der Waals surface area contributed by atoms with Crippen molar-refractivity contribution in [3.05, 3.63) is 23.8 Å². The zero-order valence-electron chi connectivity index (χ0n) is 14.3. The predicted octanol–water partition coefficient (Wildman–Crippen LogP) is 5.97. The molecule has 0 aliphatic heterocycles. The second-order valence-electron chi connectivity index (χ2n) is 5.91. The Hall–Kier alpha value is -1.05. The molecule has 0 aromatic carbocycles. The fourth-order valence-corrected chi connectivity index (χ4v) is 2.08. The fraction of sp³-hybridized carbons (Fsp3) is 0.737. The molecule has 0 aromatic rings. The highest BCUT2D eigenvalue weighted by Gasteiger charge is 1.97. The van der Waals surface area contributed by atoms with Gasteiger partial charge in [-0.15, -0.1) is 0 Å². The Labute approximate surface area is 131 Å². The van der Waals surface area contributed by atoms with E-state index in [0.717, 1.165) is 18.4 Å². The molecule has 0 N–H and O–H groups in total. The first kappa shape index (κ1) is 19.9. The summed E-state index contributed by atoms with van der Waals surface area (Å²) < 4.78 is 5.12. The van der Waals surface area contributed by atoms with Crippen LogP contribution in [0.1, 0.15) is 85.0 Å². The van der Waals surface area contributed by atoms with Crippen molar-refractivity contribution in [3.63, 3.8) is 0 Å². The average Bonchev–Trinajstić information content (AvgIpc) is 2.43. The van der Waals surface area contributed by atoms with Crippen LogP contribution in [0.5, 0.6) is 0 Å². The van der Waals surface area contributed by atoms with Crippen LogP contribution in [0, 0.1) is 0 Å². The maximum absolute atomic E-state index is 11.2. The van der Waals surface area contributed by atoms with Crippen molar-refractivity contribution in [1.82, 2.24) is 0 Å². The number of carbonyl (C=O) groups excluding carboxylic acids is 1. The number of ether oxygens (including phenoxy) is 1. The number of hydrogen-bond acceptors (Lipinski definition) is 2. The van der Waals surface area contributed by atoms with Crippen molar-refractivity contribution in [1.29, 1.82) is 0 Å². The minimum absolute atomic E-state index is 0.204. The molecular weight excluding hydrogens is 260 g/mol. The molecule has 0 saturated carbocycles. The van der Waals surface area contributed by atoms with Crippen LogP contribution in [0.2, 0.25) is 0 Å². The monoisotopic (exact) mass is 294 g/mol. The first-order valence-electron chi connectivity index (χ1n) is 8.63. The number of esters is 1. The van der Waals surface area contributed by atoms with Crippen molar-refractivity contribution >= 4 is 5.97 Å². The second kappa shape index (κ2) is 15.3. The summed E-state index contributed by atoms with van der Waals surface area (Å²) in [5.41, 5.74) is 0.990. The van der Waals surface area contributed by atoms with Crippen LogP contribution in [-0.2, 0) is 9.53 Å². The molecule has 0 saturated heterocycles. The summed E-state index contributed by atoms with van der Waals surface area (Å²) in [5.74, 6) is -0.204. The van der Waals surface area contributed by atoms with Gasteiger partial charge >= 0.3 is 5.97 Å². The van der Waals surface area contributed by atoms with Crippen LogP contribution in [0.3, 0.4) is 0 Å². The minimum atomic E-state index is -0.204. The van der Waals surface area contributed by atoms with Crippen LogP contribution in [0.4, 0.5) is 0 Å². The fourth-order valence-electron chi connectivity index (χ4n) is 2.08. The zero-order valence-corrected chi connectivity index (χ0v) is 14.3. The molecule has 0 rings (SSSR count). The van der Waals surface area contributed by atoms with E-state index in [-0.39, 0.29) is 5.97 Å². The summed E-state index contributed by atoms with van der Waals surface area (Å²) in [5, 5.41) is 0. The lowest BCUT2D eigenvalue weighted by atomic mass is 10.1. The van der Waals surface area contributed by atoms with Gasteiger partial charge < -0.3 is 4.74 Å². The van der Waals surface area contributed by atoms with Gasteiger partial charge in [-0.25, -0.2) is 4.79 Å². The highest BCUT2D eigenvalue weighted by molar-refractivity contribution is 5.82. The average molecular weight is 294 g/mol. The van der Waals surface area contributed by atoms with Gasteiger partial charge in [0.15, 0.2) is 0 Å². The highest BCUT2D eigenvalue weighted by atomic mass is 16.5. The van der Waals surface area contributed by atoms with E-state index in [1.165, 1.54) is 51.4 Å². The lowest BCUT2D eigenvalue weighted by molar-refractivity contribution is -0.137. The molecule has 0 aliphatic rings. The van der Waals surface area contributed by atoms with Gasteiger partial charge in [0.25, 0.3) is 0 Å². The Morgan fingerprint density at radius 3 is 2.05 bits per heavy atom. The summed E-state index contributed by atoms with van der Waals surface area (Å²) in [6.45, 7) is 6.60. The molecule has 122 valence electrons. The molecule has 0 unspecified atom stereocenters. The van der Waals surface area contributed by atoms with Gasteiger partial charge in [0.05, 0.1) is 6.61 Å². The van der Waals surface area contributed by atoms with E-state index in [1.807, 2.05) is 13.8 Å². The van der Waals surface area contributed by atoms with Crippen LogP contribution >= 0.6 is 0 Å². The molecule has 0 spiro atoms. The van der Waals surface area contributed by atoms with Crippen LogP contribution in [-0.4, -0.2) is 12.6 Å². The Morgan fingerprint density at radius 2 is 1.43 bits per heavy atom. The molecule has 2 nitrogen and oxygen atoms in total. The van der Waals surface area contributed by atoms with Crippen molar-refractivity contribution in [2.24, 2.45) is 0 Å². The van der Waals surface area contributed by atoms with Gasteiger partial charge in [-0.1, -0.05) is 63.2 Å². The van der Waals surface area contributed by atoms with Crippen LogP contribution in [0.25, 0.3) is 0 Å². The first-order chi connectivity index (χ1) is 10.2. The van der Waals surface area contributed by atoms with Gasteiger partial charge in [0.1, 0.15) is 0 Å². The third kappa shape index (κ3) is 16.9. The number of unbranched alkanes of at least 4 members (excludes halogenated alkanes) is 8. The molecule has 0 radical (unpaired) electrons. The van der Waals surface area contributed by atoms with E-state index in [0.29, 0.717) is 6.61 Å². The summed E-state index contributed by atoms with van der Waals surface area (Å²) in [4.78, 5) is 11.2. The Kier molecular flexibility index (Phi) is 14.6. The van der Waals surface area contributed by atoms with Crippen molar-refractivity contribution < 1.29 is 9.53 Å². The lowest BCUT2D eigenvalue weighted by Gasteiger charge is -2.03. The topological polar surface area (TPSA) is 26.3 Å². The largest absolute Gasteiger partial charge is 0.463 e. The van der Waals surface area contributed by atoms with Gasteiger partial charge in [-0.05, 0) is 39.5 Å². The second-order valence-corrected chi connectivity index (χ2v) is 5.91. The smallest absolute Gasteiger partial charge is 0.330 e. The molecule has 0 amide bonds. The van der Waals surface area contributed by atoms with Crippen molar-refractivity contribution in [3.8, 4) is 0 Å². The SMILES string of the molecule is CCCC/C=C\CCCCCCCCOC(=O)C=C(C)C. The van der Waals surface area contributed by atoms with E-state index in [2.05, 4.69) is 19.1 Å². The molecule has 0 heterocycles. The van der Waals surface area contributed by atoms with Crippen molar-refractivity contribution in [2.45, 2.75) is 85.0 Å². The highest BCUT2D eigenvalue weighted by Crippen LogP contribution is 2.08. The minimum Gasteiger partial charge on any atom is -0.463 e. The summed E-state index contributed by atoms with van der Waals surface area (Å²) in [6, 6.07) is 0. The van der Waals surface area contributed by atoms with Gasteiger partial charge in [-0.3, -0.25) is 0 Å². The normalized spacial score (nSPS) is 10.8. The van der Waals surface area contributed by atoms with Crippen LogP contribution in [0.15, 0.2) is 23.8 Å². The number of hydrogen-bond donors (Lipinski definition) is 0. The predicted molar refractivity (Wildman–Crippen MR) is 91.4 cm³/mol.